The van der Waals surface area contributed by atoms with Crippen LogP contribution in [-0.4, -0.2) is 29.1 Å². The van der Waals surface area contributed by atoms with E-state index in [2.05, 4.69) is 55.9 Å². The van der Waals surface area contributed by atoms with Gasteiger partial charge in [0.25, 0.3) is 0 Å². The van der Waals surface area contributed by atoms with Crippen molar-refractivity contribution in [3.63, 3.8) is 0 Å². The fourth-order valence-electron chi connectivity index (χ4n) is 3.25. The molecule has 1 fully saturated rings. The van der Waals surface area contributed by atoms with Crippen LogP contribution in [0.2, 0.25) is 0 Å². The van der Waals surface area contributed by atoms with Crippen molar-refractivity contribution in [2.45, 2.75) is 59.9 Å². The zero-order valence-electron chi connectivity index (χ0n) is 14.2. The van der Waals surface area contributed by atoms with E-state index in [0.29, 0.717) is 12.0 Å². The number of hydrogen-bond donors (Lipinski definition) is 1. The Morgan fingerprint density at radius 2 is 2.00 bits per heavy atom. The van der Waals surface area contributed by atoms with Crippen LogP contribution in [0.1, 0.15) is 53.3 Å². The van der Waals surface area contributed by atoms with Crippen LogP contribution < -0.4 is 10.2 Å². The van der Waals surface area contributed by atoms with Gasteiger partial charge in [-0.25, -0.2) is 9.97 Å². The Morgan fingerprint density at radius 1 is 1.24 bits per heavy atom. The predicted molar refractivity (Wildman–Crippen MR) is 89.9 cm³/mol. The average molecular weight is 290 g/mol. The summed E-state index contributed by atoms with van der Waals surface area (Å²) in [6.07, 6.45) is 3.33. The molecule has 3 unspecified atom stereocenters. The molecule has 0 amide bonds. The molecule has 1 saturated heterocycles. The fraction of sp³-hybridized carbons (Fsp3) is 0.765. The molecule has 0 radical (unpaired) electrons. The van der Waals surface area contributed by atoms with Gasteiger partial charge >= 0.3 is 0 Å². The van der Waals surface area contributed by atoms with Crippen LogP contribution in [0.15, 0.2) is 6.07 Å². The van der Waals surface area contributed by atoms with E-state index >= 15 is 0 Å². The van der Waals surface area contributed by atoms with Gasteiger partial charge in [0.05, 0.1) is 0 Å². The molecule has 118 valence electrons. The molecule has 1 N–H and O–H groups in total. The van der Waals surface area contributed by atoms with Gasteiger partial charge in [0.15, 0.2) is 0 Å². The number of hydrogen-bond acceptors (Lipinski definition) is 4. The zero-order chi connectivity index (χ0) is 15.4. The lowest BCUT2D eigenvalue weighted by Gasteiger charge is -2.42. The van der Waals surface area contributed by atoms with Crippen molar-refractivity contribution in [1.29, 1.82) is 0 Å². The first kappa shape index (κ1) is 16.1. The molecule has 3 atom stereocenters. The van der Waals surface area contributed by atoms with Gasteiger partial charge in [-0.15, -0.1) is 0 Å². The molecule has 0 bridgehead atoms. The number of rotatable bonds is 5. The molecule has 1 aliphatic heterocycles. The molecule has 0 saturated carbocycles. The van der Waals surface area contributed by atoms with E-state index in [1.807, 2.05) is 0 Å². The number of piperidine rings is 1. The number of nitrogens with one attached hydrogen (secondary N) is 1. The standard InChI is InChI=1S/C17H30N4/c1-6-8-15-19-16(18-7-2)10-17(20-15)21-11-12(3)9-13(4)14(21)5/h10,12-14H,6-9,11H2,1-5H3,(H,18,19,20). The zero-order valence-corrected chi connectivity index (χ0v) is 14.2. The van der Waals surface area contributed by atoms with Crippen molar-refractivity contribution < 1.29 is 0 Å². The molecule has 1 aromatic heterocycles. The SMILES string of the molecule is CCCc1nc(NCC)cc(N2CC(C)CC(C)C2C)n1. The summed E-state index contributed by atoms with van der Waals surface area (Å²) in [6, 6.07) is 2.66. The number of aromatic nitrogens is 2. The van der Waals surface area contributed by atoms with Crippen molar-refractivity contribution in [1.82, 2.24) is 9.97 Å². The largest absolute Gasteiger partial charge is 0.370 e. The molecular formula is C17H30N4. The molecule has 1 aliphatic rings. The Balaban J connectivity index is 2.31. The number of anilines is 2. The van der Waals surface area contributed by atoms with Gasteiger partial charge in [0.2, 0.25) is 0 Å². The molecule has 1 aromatic rings. The van der Waals surface area contributed by atoms with Crippen molar-refractivity contribution in [2.24, 2.45) is 11.8 Å². The summed E-state index contributed by atoms with van der Waals surface area (Å²) in [7, 11) is 0. The number of nitrogens with zero attached hydrogens (tertiary/aromatic N) is 3. The molecule has 21 heavy (non-hydrogen) atoms. The van der Waals surface area contributed by atoms with Crippen LogP contribution in [0, 0.1) is 11.8 Å². The lowest BCUT2D eigenvalue weighted by molar-refractivity contribution is 0.295. The van der Waals surface area contributed by atoms with Crippen LogP contribution in [0.5, 0.6) is 0 Å². The van der Waals surface area contributed by atoms with Gasteiger partial charge in [-0.2, -0.15) is 0 Å². The van der Waals surface area contributed by atoms with Crippen molar-refractivity contribution >= 4 is 11.6 Å². The van der Waals surface area contributed by atoms with Gasteiger partial charge < -0.3 is 10.2 Å². The van der Waals surface area contributed by atoms with Crippen molar-refractivity contribution in [2.75, 3.05) is 23.3 Å². The normalized spacial score (nSPS) is 26.0. The van der Waals surface area contributed by atoms with Gasteiger partial charge in [-0.3, -0.25) is 0 Å². The van der Waals surface area contributed by atoms with E-state index in [9.17, 15) is 0 Å². The van der Waals surface area contributed by atoms with Crippen LogP contribution in [0.25, 0.3) is 0 Å². The van der Waals surface area contributed by atoms with E-state index in [0.717, 1.165) is 49.3 Å². The maximum atomic E-state index is 4.82. The second-order valence-electron chi connectivity index (χ2n) is 6.52. The molecule has 4 nitrogen and oxygen atoms in total. The molecule has 2 rings (SSSR count). The molecular weight excluding hydrogens is 260 g/mol. The fourth-order valence-corrected chi connectivity index (χ4v) is 3.25. The van der Waals surface area contributed by atoms with Crippen LogP contribution in [0.3, 0.4) is 0 Å². The summed E-state index contributed by atoms with van der Waals surface area (Å²) in [5, 5.41) is 3.35. The van der Waals surface area contributed by atoms with Gasteiger partial charge in [-0.1, -0.05) is 20.8 Å². The van der Waals surface area contributed by atoms with Crippen LogP contribution in [0.4, 0.5) is 11.6 Å². The summed E-state index contributed by atoms with van der Waals surface area (Å²) >= 11 is 0. The van der Waals surface area contributed by atoms with E-state index < -0.39 is 0 Å². The minimum Gasteiger partial charge on any atom is -0.370 e. The first-order chi connectivity index (χ1) is 10.0. The maximum absolute atomic E-state index is 4.82. The summed E-state index contributed by atoms with van der Waals surface area (Å²) in [5.41, 5.74) is 0. The molecule has 0 aliphatic carbocycles. The van der Waals surface area contributed by atoms with Crippen molar-refractivity contribution in [3.05, 3.63) is 11.9 Å². The third-order valence-electron chi connectivity index (χ3n) is 4.48. The highest BCUT2D eigenvalue weighted by Gasteiger charge is 2.30. The average Bonchev–Trinajstić information content (AvgIpc) is 2.43. The lowest BCUT2D eigenvalue weighted by Crippen LogP contribution is -2.46. The smallest absolute Gasteiger partial charge is 0.134 e. The second kappa shape index (κ2) is 7.10. The minimum absolute atomic E-state index is 0.542. The summed E-state index contributed by atoms with van der Waals surface area (Å²) in [4.78, 5) is 11.9. The Hall–Kier alpha value is -1.32. The van der Waals surface area contributed by atoms with E-state index in [1.54, 1.807) is 0 Å². The Kier molecular flexibility index (Phi) is 5.43. The molecule has 0 spiro atoms. The van der Waals surface area contributed by atoms with Crippen LogP contribution >= 0.6 is 0 Å². The first-order valence-corrected chi connectivity index (χ1v) is 8.43. The molecule has 0 aromatic carbocycles. The summed E-state index contributed by atoms with van der Waals surface area (Å²) < 4.78 is 0. The van der Waals surface area contributed by atoms with Gasteiger partial charge in [0.1, 0.15) is 17.5 Å². The quantitative estimate of drug-likeness (QED) is 0.897. The second-order valence-corrected chi connectivity index (χ2v) is 6.52. The van der Waals surface area contributed by atoms with E-state index in [1.165, 1.54) is 6.42 Å². The monoisotopic (exact) mass is 290 g/mol. The van der Waals surface area contributed by atoms with E-state index in [4.69, 9.17) is 4.98 Å². The highest BCUT2D eigenvalue weighted by molar-refractivity contribution is 5.50. The predicted octanol–water partition coefficient (Wildman–Crippen LogP) is 3.73. The van der Waals surface area contributed by atoms with E-state index in [-0.39, 0.29) is 0 Å². The summed E-state index contributed by atoms with van der Waals surface area (Å²) in [6.45, 7) is 13.3. The Morgan fingerprint density at radius 3 is 2.67 bits per heavy atom. The highest BCUT2D eigenvalue weighted by atomic mass is 15.2. The number of aryl methyl sites for hydroxylation is 1. The third-order valence-corrected chi connectivity index (χ3v) is 4.48. The minimum atomic E-state index is 0.542. The topological polar surface area (TPSA) is 41.1 Å². The lowest BCUT2D eigenvalue weighted by atomic mass is 9.86. The highest BCUT2D eigenvalue weighted by Crippen LogP contribution is 2.31. The maximum Gasteiger partial charge on any atom is 0.134 e. The third kappa shape index (κ3) is 3.86. The Labute approximate surface area is 129 Å². The summed E-state index contributed by atoms with van der Waals surface area (Å²) in [5.74, 6) is 4.45. The molecule has 4 heteroatoms. The van der Waals surface area contributed by atoms with Gasteiger partial charge in [0, 0.05) is 31.6 Å². The molecule has 2 heterocycles. The Bertz CT molecular complexity index is 436. The first-order valence-electron chi connectivity index (χ1n) is 8.43. The van der Waals surface area contributed by atoms with Crippen LogP contribution in [-0.2, 0) is 6.42 Å². The van der Waals surface area contributed by atoms with Gasteiger partial charge in [-0.05, 0) is 38.5 Å². The van der Waals surface area contributed by atoms with Crippen molar-refractivity contribution in [3.8, 4) is 0 Å².